The maximum absolute atomic E-state index is 10.0. The van der Waals surface area contributed by atoms with Gasteiger partial charge in [0.05, 0.1) is 11.4 Å². The van der Waals surface area contributed by atoms with Crippen LogP contribution in [-0.4, -0.2) is 15.1 Å². The number of benzene rings is 2. The standard InChI is InChI=1S/C16H11Cl2N3O/c17-9-5-6-15(22)11(7-9)14-8-13(20-16(19)21-14)10-3-1-2-4-12(10)18/h1-8,22H,(H2,19,20,21). The predicted octanol–water partition coefficient (Wildman–Crippen LogP) is 4.41. The van der Waals surface area contributed by atoms with Gasteiger partial charge in [-0.1, -0.05) is 41.4 Å². The fraction of sp³-hybridized carbons (Fsp3) is 0. The highest BCUT2D eigenvalue weighted by atomic mass is 35.5. The quantitative estimate of drug-likeness (QED) is 0.729. The van der Waals surface area contributed by atoms with Gasteiger partial charge >= 0.3 is 0 Å². The highest BCUT2D eigenvalue weighted by molar-refractivity contribution is 6.33. The lowest BCUT2D eigenvalue weighted by Crippen LogP contribution is -1.99. The molecule has 0 saturated carbocycles. The monoisotopic (exact) mass is 331 g/mol. The molecule has 1 heterocycles. The Morgan fingerprint density at radius 2 is 1.55 bits per heavy atom. The zero-order valence-electron chi connectivity index (χ0n) is 11.3. The number of rotatable bonds is 2. The maximum Gasteiger partial charge on any atom is 0.221 e. The van der Waals surface area contributed by atoms with E-state index in [2.05, 4.69) is 9.97 Å². The SMILES string of the molecule is Nc1nc(-c2cc(Cl)ccc2O)cc(-c2ccccc2Cl)n1. The van der Waals surface area contributed by atoms with Crippen molar-refractivity contribution in [2.75, 3.05) is 5.73 Å². The van der Waals surface area contributed by atoms with Gasteiger partial charge in [-0.3, -0.25) is 0 Å². The van der Waals surface area contributed by atoms with Crippen molar-refractivity contribution in [1.29, 1.82) is 0 Å². The van der Waals surface area contributed by atoms with Crippen LogP contribution in [0.25, 0.3) is 22.5 Å². The molecule has 3 rings (SSSR count). The first kappa shape index (κ1) is 14.6. The van der Waals surface area contributed by atoms with Crippen LogP contribution in [-0.2, 0) is 0 Å². The Morgan fingerprint density at radius 1 is 0.864 bits per heavy atom. The first-order chi connectivity index (χ1) is 10.5. The highest BCUT2D eigenvalue weighted by Crippen LogP contribution is 2.34. The third-order valence-electron chi connectivity index (χ3n) is 3.13. The van der Waals surface area contributed by atoms with Gasteiger partial charge < -0.3 is 10.8 Å². The summed E-state index contributed by atoms with van der Waals surface area (Å²) in [5.41, 5.74) is 8.06. The molecule has 0 atom stereocenters. The summed E-state index contributed by atoms with van der Waals surface area (Å²) in [5, 5.41) is 11.1. The molecule has 6 heteroatoms. The van der Waals surface area contributed by atoms with Gasteiger partial charge in [-0.05, 0) is 30.3 Å². The number of nitrogen functional groups attached to an aromatic ring is 1. The van der Waals surface area contributed by atoms with Gasteiger partial charge in [0.2, 0.25) is 5.95 Å². The summed E-state index contributed by atoms with van der Waals surface area (Å²) in [4.78, 5) is 8.38. The number of phenols is 1. The lowest BCUT2D eigenvalue weighted by molar-refractivity contribution is 0.477. The molecule has 0 aliphatic rings. The molecular weight excluding hydrogens is 321 g/mol. The zero-order chi connectivity index (χ0) is 15.7. The highest BCUT2D eigenvalue weighted by Gasteiger charge is 2.12. The Morgan fingerprint density at radius 3 is 2.27 bits per heavy atom. The molecule has 1 aromatic heterocycles. The topological polar surface area (TPSA) is 72.0 Å². The summed E-state index contributed by atoms with van der Waals surface area (Å²) in [6.45, 7) is 0. The van der Waals surface area contributed by atoms with Gasteiger partial charge in [0.15, 0.2) is 0 Å². The molecule has 2 aromatic carbocycles. The van der Waals surface area contributed by atoms with Crippen LogP contribution in [0.2, 0.25) is 10.0 Å². The Kier molecular flexibility index (Phi) is 3.88. The Balaban J connectivity index is 2.19. The molecule has 0 aliphatic carbocycles. The van der Waals surface area contributed by atoms with Crippen molar-refractivity contribution >= 4 is 29.2 Å². The summed E-state index contributed by atoms with van der Waals surface area (Å²) in [6, 6.07) is 13.7. The van der Waals surface area contributed by atoms with Crippen LogP contribution in [0.5, 0.6) is 5.75 Å². The second-order valence-corrected chi connectivity index (χ2v) is 5.48. The van der Waals surface area contributed by atoms with E-state index in [1.54, 1.807) is 24.3 Å². The number of nitrogens with zero attached hydrogens (tertiary/aromatic N) is 2. The first-order valence-electron chi connectivity index (χ1n) is 6.43. The van der Waals surface area contributed by atoms with E-state index in [4.69, 9.17) is 28.9 Å². The molecule has 0 unspecified atom stereocenters. The second kappa shape index (κ2) is 5.83. The fourth-order valence-corrected chi connectivity index (χ4v) is 2.53. The second-order valence-electron chi connectivity index (χ2n) is 4.64. The molecule has 0 fully saturated rings. The minimum absolute atomic E-state index is 0.0626. The summed E-state index contributed by atoms with van der Waals surface area (Å²) < 4.78 is 0. The first-order valence-corrected chi connectivity index (χ1v) is 7.18. The molecule has 0 spiro atoms. The van der Waals surface area contributed by atoms with Crippen molar-refractivity contribution in [3.8, 4) is 28.3 Å². The molecule has 0 aliphatic heterocycles. The summed E-state index contributed by atoms with van der Waals surface area (Å²) in [7, 11) is 0. The molecule has 3 aromatic rings. The van der Waals surface area contributed by atoms with Crippen LogP contribution in [0.3, 0.4) is 0 Å². The molecule has 3 N–H and O–H groups in total. The van der Waals surface area contributed by atoms with E-state index in [9.17, 15) is 5.11 Å². The normalized spacial score (nSPS) is 10.6. The molecule has 110 valence electrons. The lowest BCUT2D eigenvalue weighted by atomic mass is 10.1. The van der Waals surface area contributed by atoms with Crippen molar-refractivity contribution in [2.24, 2.45) is 0 Å². The van der Waals surface area contributed by atoms with Gasteiger partial charge in [-0.2, -0.15) is 0 Å². The number of hydrogen-bond donors (Lipinski definition) is 2. The van der Waals surface area contributed by atoms with E-state index >= 15 is 0 Å². The van der Waals surface area contributed by atoms with Gasteiger partial charge in [0, 0.05) is 21.2 Å². The third-order valence-corrected chi connectivity index (χ3v) is 3.69. The molecule has 0 amide bonds. The third kappa shape index (κ3) is 2.84. The number of hydrogen-bond acceptors (Lipinski definition) is 4. The number of nitrogens with two attached hydrogens (primary N) is 1. The largest absolute Gasteiger partial charge is 0.507 e. The number of halogens is 2. The van der Waals surface area contributed by atoms with E-state index in [1.807, 2.05) is 18.2 Å². The Labute approximate surface area is 137 Å². The van der Waals surface area contributed by atoms with Crippen LogP contribution in [0.15, 0.2) is 48.5 Å². The van der Waals surface area contributed by atoms with E-state index in [-0.39, 0.29) is 11.7 Å². The van der Waals surface area contributed by atoms with E-state index in [1.165, 1.54) is 6.07 Å². The van der Waals surface area contributed by atoms with Gasteiger partial charge in [-0.15, -0.1) is 0 Å². The average molecular weight is 332 g/mol. The van der Waals surface area contributed by atoms with Crippen LogP contribution < -0.4 is 5.73 Å². The number of anilines is 1. The van der Waals surface area contributed by atoms with E-state index in [0.29, 0.717) is 27.0 Å². The summed E-state index contributed by atoms with van der Waals surface area (Å²) in [5.74, 6) is 0.152. The van der Waals surface area contributed by atoms with E-state index < -0.39 is 0 Å². The predicted molar refractivity (Wildman–Crippen MR) is 89.0 cm³/mol. The van der Waals surface area contributed by atoms with Crippen LogP contribution in [0, 0.1) is 0 Å². The van der Waals surface area contributed by atoms with Crippen LogP contribution >= 0.6 is 23.2 Å². The molecule has 4 nitrogen and oxygen atoms in total. The average Bonchev–Trinajstić information content (AvgIpc) is 2.49. The van der Waals surface area contributed by atoms with Gasteiger partial charge in [-0.25, -0.2) is 9.97 Å². The van der Waals surface area contributed by atoms with E-state index in [0.717, 1.165) is 5.56 Å². The molecule has 0 saturated heterocycles. The van der Waals surface area contributed by atoms with Crippen LogP contribution in [0.1, 0.15) is 0 Å². The van der Waals surface area contributed by atoms with Gasteiger partial charge in [0.25, 0.3) is 0 Å². The Bertz CT molecular complexity index is 853. The fourth-order valence-electron chi connectivity index (χ4n) is 2.12. The molecule has 0 radical (unpaired) electrons. The van der Waals surface area contributed by atoms with Crippen molar-refractivity contribution < 1.29 is 5.11 Å². The van der Waals surface area contributed by atoms with Crippen molar-refractivity contribution in [2.45, 2.75) is 0 Å². The van der Waals surface area contributed by atoms with Crippen molar-refractivity contribution in [3.05, 3.63) is 58.6 Å². The minimum Gasteiger partial charge on any atom is -0.507 e. The van der Waals surface area contributed by atoms with Crippen molar-refractivity contribution in [1.82, 2.24) is 9.97 Å². The van der Waals surface area contributed by atoms with Crippen LogP contribution in [0.4, 0.5) is 5.95 Å². The smallest absolute Gasteiger partial charge is 0.221 e. The number of phenolic OH excluding ortho intramolecular Hbond substituents is 1. The summed E-state index contributed by atoms with van der Waals surface area (Å²) >= 11 is 12.2. The number of aromatic nitrogens is 2. The maximum atomic E-state index is 10.0. The summed E-state index contributed by atoms with van der Waals surface area (Å²) in [6.07, 6.45) is 0. The molecular formula is C16H11Cl2N3O. The number of aromatic hydroxyl groups is 1. The molecule has 0 bridgehead atoms. The lowest BCUT2D eigenvalue weighted by Gasteiger charge is -2.09. The zero-order valence-corrected chi connectivity index (χ0v) is 12.8. The van der Waals surface area contributed by atoms with Gasteiger partial charge in [0.1, 0.15) is 5.75 Å². The Hall–Kier alpha value is -2.30. The molecule has 22 heavy (non-hydrogen) atoms. The minimum atomic E-state index is 0.0626. The van der Waals surface area contributed by atoms with Crippen molar-refractivity contribution in [3.63, 3.8) is 0 Å².